The highest BCUT2D eigenvalue weighted by molar-refractivity contribution is 6.05. The summed E-state index contributed by atoms with van der Waals surface area (Å²) in [6.45, 7) is 8.40. The van der Waals surface area contributed by atoms with Gasteiger partial charge in [-0.05, 0) is 17.9 Å². The summed E-state index contributed by atoms with van der Waals surface area (Å²) in [5.41, 5.74) is 0.619. The zero-order valence-corrected chi connectivity index (χ0v) is 10.2. The highest BCUT2D eigenvalue weighted by atomic mass is 16.2. The molecule has 0 unspecified atom stereocenters. The minimum atomic E-state index is -0.427. The van der Waals surface area contributed by atoms with E-state index in [4.69, 9.17) is 0 Å². The Labute approximate surface area is 96.3 Å². The Kier molecular flexibility index (Phi) is 2.49. The van der Waals surface area contributed by atoms with Crippen LogP contribution in [0.15, 0.2) is 18.3 Å². The molecule has 2 heterocycles. The van der Waals surface area contributed by atoms with E-state index in [1.54, 1.807) is 6.20 Å². The number of nitrogens with one attached hydrogen (secondary N) is 1. The van der Waals surface area contributed by atoms with Crippen molar-refractivity contribution >= 4 is 11.7 Å². The monoisotopic (exact) mass is 218 g/mol. The number of carbonyl (C=O) groups excluding carboxylic acids is 1. The molecule has 1 N–H and O–H groups in total. The second-order valence-electron chi connectivity index (χ2n) is 5.03. The fraction of sp³-hybridized carbons (Fsp3) is 0.538. The normalized spacial score (nSPS) is 17.8. The van der Waals surface area contributed by atoms with Crippen LogP contribution in [0.1, 0.15) is 33.3 Å². The fourth-order valence-electron chi connectivity index (χ4n) is 2.99. The molecule has 1 aliphatic rings. The number of aromatic nitrogens is 1. The van der Waals surface area contributed by atoms with Gasteiger partial charge in [-0.25, -0.2) is 4.98 Å². The number of carbonyl (C=O) groups is 1. The van der Waals surface area contributed by atoms with Crippen LogP contribution < -0.4 is 5.32 Å². The molecule has 0 saturated carbocycles. The Morgan fingerprint density at radius 2 is 1.88 bits per heavy atom. The van der Waals surface area contributed by atoms with E-state index in [1.165, 1.54) is 0 Å². The molecular weight excluding hydrogens is 200 g/mol. The summed E-state index contributed by atoms with van der Waals surface area (Å²) >= 11 is 0. The Hall–Kier alpha value is -1.38. The minimum Gasteiger partial charge on any atom is -0.310 e. The molecule has 1 amide bonds. The second-order valence-corrected chi connectivity index (χ2v) is 5.03. The van der Waals surface area contributed by atoms with Crippen LogP contribution in [0.3, 0.4) is 0 Å². The Morgan fingerprint density at radius 1 is 1.25 bits per heavy atom. The third-order valence-corrected chi connectivity index (χ3v) is 3.68. The van der Waals surface area contributed by atoms with Crippen molar-refractivity contribution in [1.29, 1.82) is 0 Å². The molecular formula is C13H18N2O. The van der Waals surface area contributed by atoms with Gasteiger partial charge in [0, 0.05) is 11.8 Å². The lowest BCUT2D eigenvalue weighted by molar-refractivity contribution is -0.124. The molecule has 16 heavy (non-hydrogen) atoms. The van der Waals surface area contributed by atoms with Gasteiger partial charge in [0.25, 0.3) is 0 Å². The molecule has 0 atom stereocenters. The van der Waals surface area contributed by atoms with Gasteiger partial charge in [0.1, 0.15) is 5.82 Å². The van der Waals surface area contributed by atoms with Gasteiger partial charge in [-0.15, -0.1) is 0 Å². The van der Waals surface area contributed by atoms with Crippen molar-refractivity contribution in [3.8, 4) is 0 Å². The summed E-state index contributed by atoms with van der Waals surface area (Å²) in [7, 11) is 0. The highest BCUT2D eigenvalue weighted by Crippen LogP contribution is 2.46. The number of hydrogen-bond donors (Lipinski definition) is 1. The van der Waals surface area contributed by atoms with Crippen LogP contribution in [0.5, 0.6) is 0 Å². The predicted octanol–water partition coefficient (Wildman–Crippen LogP) is 2.58. The van der Waals surface area contributed by atoms with Gasteiger partial charge in [0.2, 0.25) is 5.91 Å². The Balaban J connectivity index is 2.67. The van der Waals surface area contributed by atoms with E-state index < -0.39 is 5.41 Å². The van der Waals surface area contributed by atoms with E-state index in [0.29, 0.717) is 0 Å². The summed E-state index contributed by atoms with van der Waals surface area (Å²) < 4.78 is 0. The van der Waals surface area contributed by atoms with E-state index >= 15 is 0 Å². The molecule has 1 aromatic heterocycles. The maximum Gasteiger partial charge on any atom is 0.236 e. The summed E-state index contributed by atoms with van der Waals surface area (Å²) in [4.78, 5) is 16.5. The molecule has 0 aromatic carbocycles. The minimum absolute atomic E-state index is 0.0891. The van der Waals surface area contributed by atoms with Crippen LogP contribution >= 0.6 is 0 Å². The summed E-state index contributed by atoms with van der Waals surface area (Å²) in [6, 6.07) is 3.92. The van der Waals surface area contributed by atoms with Crippen molar-refractivity contribution in [3.63, 3.8) is 0 Å². The van der Waals surface area contributed by atoms with Crippen molar-refractivity contribution in [2.75, 3.05) is 5.32 Å². The van der Waals surface area contributed by atoms with Gasteiger partial charge in [-0.2, -0.15) is 0 Å². The van der Waals surface area contributed by atoms with Gasteiger partial charge in [-0.3, -0.25) is 4.79 Å². The largest absolute Gasteiger partial charge is 0.310 e. The number of fused-ring (bicyclic) bond motifs is 1. The highest BCUT2D eigenvalue weighted by Gasteiger charge is 2.51. The number of rotatable bonds is 2. The van der Waals surface area contributed by atoms with E-state index in [-0.39, 0.29) is 17.7 Å². The third-order valence-electron chi connectivity index (χ3n) is 3.68. The number of anilines is 1. The topological polar surface area (TPSA) is 42.0 Å². The van der Waals surface area contributed by atoms with Gasteiger partial charge in [-0.1, -0.05) is 33.8 Å². The first-order chi connectivity index (χ1) is 7.51. The predicted molar refractivity (Wildman–Crippen MR) is 64.2 cm³/mol. The van der Waals surface area contributed by atoms with E-state index in [0.717, 1.165) is 11.4 Å². The van der Waals surface area contributed by atoms with E-state index in [1.807, 2.05) is 12.1 Å². The van der Waals surface area contributed by atoms with E-state index in [2.05, 4.69) is 38.0 Å². The molecule has 2 rings (SSSR count). The zero-order chi connectivity index (χ0) is 11.9. The van der Waals surface area contributed by atoms with E-state index in [9.17, 15) is 4.79 Å². The Bertz CT molecular complexity index is 416. The first kappa shape index (κ1) is 11.1. The van der Waals surface area contributed by atoms with Gasteiger partial charge in [0.05, 0.1) is 5.41 Å². The lowest BCUT2D eigenvalue weighted by Gasteiger charge is -2.35. The Morgan fingerprint density at radius 3 is 2.44 bits per heavy atom. The zero-order valence-electron chi connectivity index (χ0n) is 10.2. The third kappa shape index (κ3) is 1.20. The maximum absolute atomic E-state index is 12.3. The first-order valence-corrected chi connectivity index (χ1v) is 5.78. The molecule has 0 radical (unpaired) electrons. The molecule has 0 bridgehead atoms. The van der Waals surface area contributed by atoms with Gasteiger partial charge in [0.15, 0.2) is 0 Å². The number of amides is 1. The smallest absolute Gasteiger partial charge is 0.236 e. The maximum atomic E-state index is 12.3. The molecule has 0 aliphatic carbocycles. The van der Waals surface area contributed by atoms with Crippen molar-refractivity contribution in [1.82, 2.24) is 4.98 Å². The average Bonchev–Trinajstić information content (AvgIpc) is 2.50. The van der Waals surface area contributed by atoms with Crippen LogP contribution in [-0.2, 0) is 10.2 Å². The summed E-state index contributed by atoms with van der Waals surface area (Å²) in [5.74, 6) is 1.34. The molecule has 3 nitrogen and oxygen atoms in total. The SMILES string of the molecule is CC(C)C1(C(C)C)C(=O)Nc2ncccc21. The van der Waals surface area contributed by atoms with Crippen molar-refractivity contribution in [2.24, 2.45) is 11.8 Å². The molecule has 0 fully saturated rings. The summed E-state index contributed by atoms with van der Waals surface area (Å²) in [6.07, 6.45) is 1.72. The van der Waals surface area contributed by atoms with Gasteiger partial charge < -0.3 is 5.32 Å². The lowest BCUT2D eigenvalue weighted by atomic mass is 9.65. The van der Waals surface area contributed by atoms with Crippen LogP contribution in [0.25, 0.3) is 0 Å². The number of hydrogen-bond acceptors (Lipinski definition) is 2. The average molecular weight is 218 g/mol. The molecule has 3 heteroatoms. The van der Waals surface area contributed by atoms with Crippen molar-refractivity contribution < 1.29 is 4.79 Å². The first-order valence-electron chi connectivity index (χ1n) is 5.78. The second kappa shape index (κ2) is 3.58. The number of nitrogens with zero attached hydrogens (tertiary/aromatic N) is 1. The molecule has 0 spiro atoms. The quantitative estimate of drug-likeness (QED) is 0.829. The van der Waals surface area contributed by atoms with Crippen molar-refractivity contribution in [2.45, 2.75) is 33.1 Å². The fourth-order valence-corrected chi connectivity index (χ4v) is 2.99. The van der Waals surface area contributed by atoms with Crippen LogP contribution in [0.2, 0.25) is 0 Å². The van der Waals surface area contributed by atoms with Crippen LogP contribution in [-0.4, -0.2) is 10.9 Å². The summed E-state index contributed by atoms with van der Waals surface area (Å²) in [5, 5.41) is 2.90. The van der Waals surface area contributed by atoms with Gasteiger partial charge >= 0.3 is 0 Å². The van der Waals surface area contributed by atoms with Crippen LogP contribution in [0, 0.1) is 11.8 Å². The molecule has 1 aliphatic heterocycles. The molecule has 1 aromatic rings. The van der Waals surface area contributed by atoms with Crippen molar-refractivity contribution in [3.05, 3.63) is 23.9 Å². The van der Waals surface area contributed by atoms with Crippen LogP contribution in [0.4, 0.5) is 5.82 Å². The lowest BCUT2D eigenvalue weighted by Crippen LogP contribution is -2.44. The molecule has 86 valence electrons. The standard InChI is InChI=1S/C13H18N2O/c1-8(2)13(9(3)4)10-6-5-7-14-11(10)15-12(13)16/h5-9H,1-4H3,(H,14,15,16). The number of pyridine rings is 1. The molecule has 0 saturated heterocycles.